The first-order chi connectivity index (χ1) is 9.79. The summed E-state index contributed by atoms with van der Waals surface area (Å²) in [7, 11) is 0. The van der Waals surface area contributed by atoms with Gasteiger partial charge in [-0.25, -0.2) is 0 Å². The first-order valence-corrected chi connectivity index (χ1v) is 9.47. The monoisotopic (exact) mass is 291 g/mol. The van der Waals surface area contributed by atoms with Crippen molar-refractivity contribution in [2.75, 3.05) is 6.54 Å². The molecule has 0 radical (unpaired) electrons. The number of nitrogens with one attached hydrogen (secondary N) is 1. The van der Waals surface area contributed by atoms with Gasteiger partial charge in [0.1, 0.15) is 0 Å². The van der Waals surface area contributed by atoms with Gasteiger partial charge in [-0.15, -0.1) is 11.3 Å². The summed E-state index contributed by atoms with van der Waals surface area (Å²) in [6, 6.07) is 3.14. The third-order valence-corrected chi connectivity index (χ3v) is 6.54. The average Bonchev–Trinajstić information content (AvgIpc) is 2.94. The van der Waals surface area contributed by atoms with Gasteiger partial charge in [0.05, 0.1) is 0 Å². The van der Waals surface area contributed by atoms with Crippen molar-refractivity contribution in [3.8, 4) is 0 Å². The molecule has 1 N–H and O–H groups in total. The van der Waals surface area contributed by atoms with Gasteiger partial charge in [-0.1, -0.05) is 26.7 Å². The van der Waals surface area contributed by atoms with Gasteiger partial charge in [0.15, 0.2) is 0 Å². The molecule has 2 atom stereocenters. The Kier molecular flexibility index (Phi) is 4.83. The fourth-order valence-corrected chi connectivity index (χ4v) is 5.41. The van der Waals surface area contributed by atoms with Gasteiger partial charge < -0.3 is 5.32 Å². The van der Waals surface area contributed by atoms with Gasteiger partial charge in [-0.2, -0.15) is 0 Å². The second-order valence-electron chi connectivity index (χ2n) is 6.90. The average molecular weight is 292 g/mol. The van der Waals surface area contributed by atoms with Crippen LogP contribution in [-0.4, -0.2) is 12.6 Å². The predicted molar refractivity (Wildman–Crippen MR) is 88.6 cm³/mol. The number of thiophene rings is 1. The number of likely N-dealkylation sites (N-methyl/N-ethyl adjacent to an activating group) is 1. The molecular weight excluding hydrogens is 262 g/mol. The zero-order valence-electron chi connectivity index (χ0n) is 13.0. The molecule has 20 heavy (non-hydrogen) atoms. The summed E-state index contributed by atoms with van der Waals surface area (Å²) in [5, 5.41) is 6.19. The number of fused-ring (bicyclic) bond motifs is 1. The number of hydrogen-bond donors (Lipinski definition) is 1. The fraction of sp³-hybridized carbons (Fsp3) is 0.778. The molecule has 1 heterocycles. The zero-order valence-corrected chi connectivity index (χ0v) is 13.8. The van der Waals surface area contributed by atoms with Gasteiger partial charge in [-0.3, -0.25) is 0 Å². The lowest BCUT2D eigenvalue weighted by atomic mass is 9.71. The van der Waals surface area contributed by atoms with Gasteiger partial charge in [0, 0.05) is 16.8 Å². The van der Waals surface area contributed by atoms with E-state index in [-0.39, 0.29) is 0 Å². The normalized spacial score (nSPS) is 31.8. The highest BCUT2D eigenvalue weighted by molar-refractivity contribution is 7.10. The number of aryl methyl sites for hydroxylation is 1. The molecule has 112 valence electrons. The van der Waals surface area contributed by atoms with E-state index in [2.05, 4.69) is 30.6 Å². The molecule has 0 saturated heterocycles. The summed E-state index contributed by atoms with van der Waals surface area (Å²) in [6.07, 6.45) is 9.87. The van der Waals surface area contributed by atoms with Crippen LogP contribution in [0.4, 0.5) is 0 Å². The van der Waals surface area contributed by atoms with Crippen molar-refractivity contribution in [2.24, 2.45) is 11.8 Å². The topological polar surface area (TPSA) is 12.0 Å². The van der Waals surface area contributed by atoms with Gasteiger partial charge in [-0.05, 0) is 67.5 Å². The van der Waals surface area contributed by atoms with Crippen LogP contribution in [0.2, 0.25) is 0 Å². The molecule has 0 aliphatic heterocycles. The molecule has 0 spiro atoms. The smallest absolute Gasteiger partial charge is 0.0164 e. The third-order valence-electron chi connectivity index (χ3n) is 5.54. The van der Waals surface area contributed by atoms with Crippen LogP contribution in [0.5, 0.6) is 0 Å². The SMILES string of the molecule is CCNC(C1CCC(C)CC1)C1CCCc2sccc21. The Morgan fingerprint density at radius 1 is 1.25 bits per heavy atom. The Bertz CT molecular complexity index is 417. The highest BCUT2D eigenvalue weighted by atomic mass is 32.1. The van der Waals surface area contributed by atoms with Gasteiger partial charge >= 0.3 is 0 Å². The minimum atomic E-state index is 0.723. The highest BCUT2D eigenvalue weighted by Crippen LogP contribution is 2.42. The number of hydrogen-bond acceptors (Lipinski definition) is 2. The Morgan fingerprint density at radius 2 is 2.05 bits per heavy atom. The minimum absolute atomic E-state index is 0.723. The van der Waals surface area contributed by atoms with E-state index in [9.17, 15) is 0 Å². The maximum atomic E-state index is 3.87. The Labute approximate surface area is 128 Å². The molecule has 2 unspecified atom stereocenters. The molecule has 1 fully saturated rings. The minimum Gasteiger partial charge on any atom is -0.313 e. The summed E-state index contributed by atoms with van der Waals surface area (Å²) in [4.78, 5) is 1.67. The highest BCUT2D eigenvalue weighted by Gasteiger charge is 2.34. The molecule has 3 rings (SSSR count). The van der Waals surface area contributed by atoms with E-state index in [1.165, 1.54) is 44.9 Å². The van der Waals surface area contributed by atoms with Crippen LogP contribution in [0.3, 0.4) is 0 Å². The molecule has 1 nitrogen and oxygen atoms in total. The van der Waals surface area contributed by atoms with Crippen LogP contribution < -0.4 is 5.32 Å². The van der Waals surface area contributed by atoms with Crippen LogP contribution in [0, 0.1) is 11.8 Å². The Hall–Kier alpha value is -0.340. The van der Waals surface area contributed by atoms with E-state index >= 15 is 0 Å². The Balaban J connectivity index is 1.77. The summed E-state index contributed by atoms with van der Waals surface area (Å²) in [5.74, 6) is 2.64. The van der Waals surface area contributed by atoms with Crippen molar-refractivity contribution in [3.63, 3.8) is 0 Å². The molecule has 0 amide bonds. The van der Waals surface area contributed by atoms with Crippen molar-refractivity contribution in [1.82, 2.24) is 5.32 Å². The standard InChI is InChI=1S/C18H29NS/c1-3-19-18(14-9-7-13(2)8-10-14)16-5-4-6-17-15(16)11-12-20-17/h11-14,16,18-19H,3-10H2,1-2H3. The molecule has 1 aromatic heterocycles. The maximum absolute atomic E-state index is 3.87. The van der Waals surface area contributed by atoms with Crippen molar-refractivity contribution in [1.29, 1.82) is 0 Å². The van der Waals surface area contributed by atoms with E-state index in [1.54, 1.807) is 10.4 Å². The van der Waals surface area contributed by atoms with Gasteiger partial charge in [0.2, 0.25) is 0 Å². The second-order valence-corrected chi connectivity index (χ2v) is 7.90. The molecule has 2 aliphatic rings. The van der Waals surface area contributed by atoms with E-state index < -0.39 is 0 Å². The van der Waals surface area contributed by atoms with Crippen LogP contribution in [0.1, 0.15) is 68.7 Å². The lowest BCUT2D eigenvalue weighted by Gasteiger charge is -2.39. The maximum Gasteiger partial charge on any atom is 0.0164 e. The third kappa shape index (κ3) is 2.96. The fourth-order valence-electron chi connectivity index (χ4n) is 4.41. The number of rotatable bonds is 4. The van der Waals surface area contributed by atoms with Crippen molar-refractivity contribution < 1.29 is 0 Å². The largest absolute Gasteiger partial charge is 0.313 e. The van der Waals surface area contributed by atoms with E-state index in [4.69, 9.17) is 0 Å². The Morgan fingerprint density at radius 3 is 2.80 bits per heavy atom. The van der Waals surface area contributed by atoms with Crippen molar-refractivity contribution in [3.05, 3.63) is 21.9 Å². The lowest BCUT2D eigenvalue weighted by Crippen LogP contribution is -2.43. The quantitative estimate of drug-likeness (QED) is 0.825. The summed E-state index contributed by atoms with van der Waals surface area (Å²) < 4.78 is 0. The van der Waals surface area contributed by atoms with Crippen LogP contribution in [0.15, 0.2) is 11.4 Å². The van der Waals surface area contributed by atoms with Crippen molar-refractivity contribution >= 4 is 11.3 Å². The summed E-state index contributed by atoms with van der Waals surface area (Å²) in [5.41, 5.74) is 1.69. The van der Waals surface area contributed by atoms with Crippen molar-refractivity contribution in [2.45, 2.75) is 70.8 Å². The lowest BCUT2D eigenvalue weighted by molar-refractivity contribution is 0.203. The molecule has 1 saturated carbocycles. The van der Waals surface area contributed by atoms with E-state index in [0.717, 1.165) is 30.3 Å². The van der Waals surface area contributed by atoms with E-state index in [1.807, 2.05) is 11.3 Å². The van der Waals surface area contributed by atoms with Crippen LogP contribution in [0.25, 0.3) is 0 Å². The summed E-state index contributed by atoms with van der Waals surface area (Å²) in [6.45, 7) is 5.82. The zero-order chi connectivity index (χ0) is 13.9. The van der Waals surface area contributed by atoms with Crippen LogP contribution in [-0.2, 0) is 6.42 Å². The molecule has 0 aromatic carbocycles. The second kappa shape index (κ2) is 6.62. The molecular formula is C18H29NS. The molecule has 2 heteroatoms. The van der Waals surface area contributed by atoms with Gasteiger partial charge in [0.25, 0.3) is 0 Å². The molecule has 1 aromatic rings. The molecule has 0 bridgehead atoms. The first-order valence-electron chi connectivity index (χ1n) is 8.59. The van der Waals surface area contributed by atoms with E-state index in [0.29, 0.717) is 0 Å². The predicted octanol–water partition coefficient (Wildman–Crippen LogP) is 4.97. The first kappa shape index (κ1) is 14.6. The molecule has 2 aliphatic carbocycles. The van der Waals surface area contributed by atoms with Crippen LogP contribution >= 0.6 is 11.3 Å². The summed E-state index contributed by atoms with van der Waals surface area (Å²) >= 11 is 1.98.